The number of carbonyl (C=O) groups excluding carboxylic acids is 2. The van der Waals surface area contributed by atoms with Gasteiger partial charge in [0.1, 0.15) is 13.2 Å². The summed E-state index contributed by atoms with van der Waals surface area (Å²) in [5, 5.41) is 11.3. The van der Waals surface area contributed by atoms with E-state index >= 15 is 0 Å². The van der Waals surface area contributed by atoms with Crippen molar-refractivity contribution in [1.82, 2.24) is 5.32 Å². The maximum atomic E-state index is 12.0. The van der Waals surface area contributed by atoms with Gasteiger partial charge in [-0.25, -0.2) is 0 Å². The van der Waals surface area contributed by atoms with Crippen LogP contribution >= 0.6 is 0 Å². The second kappa shape index (κ2) is 8.74. The number of aliphatic hydroxyl groups is 1. The summed E-state index contributed by atoms with van der Waals surface area (Å²) in [5.74, 6) is 4.48. The Morgan fingerprint density at radius 2 is 2.19 bits per heavy atom. The Balaban J connectivity index is 2.58. The zero-order chi connectivity index (χ0) is 15.7. The van der Waals surface area contributed by atoms with Gasteiger partial charge in [0.2, 0.25) is 5.91 Å². The third-order valence-electron chi connectivity index (χ3n) is 2.57. The number of hydrogen-bond acceptors (Lipinski definition) is 4. The highest BCUT2D eigenvalue weighted by atomic mass is 16.5. The molecule has 4 N–H and O–H groups in total. The minimum atomic E-state index is -0.549. The number of rotatable bonds is 6. The van der Waals surface area contributed by atoms with E-state index in [1.165, 1.54) is 0 Å². The first-order valence-corrected chi connectivity index (χ1v) is 6.39. The van der Waals surface area contributed by atoms with Crippen molar-refractivity contribution in [3.8, 4) is 11.8 Å². The number of hydrogen-bond donors (Lipinski definition) is 3. The molecule has 0 atom stereocenters. The number of ether oxygens (including phenoxy) is 1. The fraction of sp³-hybridized carbons (Fsp3) is 0.333. The van der Waals surface area contributed by atoms with Crippen LogP contribution in [-0.4, -0.2) is 43.3 Å². The van der Waals surface area contributed by atoms with Gasteiger partial charge in [0.25, 0.3) is 5.91 Å². The Hall–Kier alpha value is -2.36. The number of benzene rings is 1. The Kier molecular flexibility index (Phi) is 6.95. The molecule has 0 fully saturated rings. The molecule has 0 aromatic heterocycles. The topological polar surface area (TPSA) is 102 Å². The molecule has 0 spiro atoms. The Morgan fingerprint density at radius 1 is 1.43 bits per heavy atom. The van der Waals surface area contributed by atoms with Crippen LogP contribution < -0.4 is 11.1 Å². The number of aliphatic hydroxyl groups excluding tert-OH is 1. The summed E-state index contributed by atoms with van der Waals surface area (Å²) in [6, 6.07) is 5.24. The monoisotopic (exact) mass is 290 g/mol. The standard InChI is InChI=1S/C15H18N2O4/c1-11-4-5-12(3-2-7-18)9-13(11)15(20)17-6-8-21-10-14(16)19/h4-5,9,18H,6-8,10H2,1H3,(H2,16,19)(H,17,20). The van der Waals surface area contributed by atoms with Gasteiger partial charge in [-0.1, -0.05) is 17.9 Å². The maximum absolute atomic E-state index is 12.0. The van der Waals surface area contributed by atoms with E-state index < -0.39 is 5.91 Å². The van der Waals surface area contributed by atoms with Gasteiger partial charge in [-0.05, 0) is 24.6 Å². The molecule has 21 heavy (non-hydrogen) atoms. The molecule has 0 bridgehead atoms. The van der Waals surface area contributed by atoms with E-state index in [0.717, 1.165) is 5.56 Å². The summed E-state index contributed by atoms with van der Waals surface area (Å²) in [6.07, 6.45) is 0. The predicted octanol–water partition coefficient (Wildman–Crippen LogP) is -0.429. The molecule has 0 radical (unpaired) electrons. The first kappa shape index (κ1) is 16.7. The third-order valence-corrected chi connectivity index (χ3v) is 2.57. The first-order valence-electron chi connectivity index (χ1n) is 6.39. The van der Waals surface area contributed by atoms with Crippen LogP contribution in [0.15, 0.2) is 18.2 Å². The number of amides is 2. The highest BCUT2D eigenvalue weighted by molar-refractivity contribution is 5.96. The van der Waals surface area contributed by atoms with Crippen molar-refractivity contribution in [3.63, 3.8) is 0 Å². The van der Waals surface area contributed by atoms with Crippen molar-refractivity contribution in [2.24, 2.45) is 5.73 Å². The number of carbonyl (C=O) groups is 2. The minimum absolute atomic E-state index is 0.166. The van der Waals surface area contributed by atoms with Crippen LogP contribution in [0.5, 0.6) is 0 Å². The van der Waals surface area contributed by atoms with E-state index in [-0.39, 0.29) is 32.3 Å². The zero-order valence-corrected chi connectivity index (χ0v) is 11.8. The van der Waals surface area contributed by atoms with Gasteiger partial charge in [0.05, 0.1) is 6.61 Å². The highest BCUT2D eigenvalue weighted by Crippen LogP contribution is 2.10. The summed E-state index contributed by atoms with van der Waals surface area (Å²) >= 11 is 0. The number of primary amides is 1. The van der Waals surface area contributed by atoms with E-state index in [0.29, 0.717) is 11.1 Å². The van der Waals surface area contributed by atoms with Gasteiger partial charge in [-0.2, -0.15) is 0 Å². The molecule has 6 nitrogen and oxygen atoms in total. The largest absolute Gasteiger partial charge is 0.384 e. The Morgan fingerprint density at radius 3 is 2.86 bits per heavy atom. The summed E-state index contributed by atoms with van der Waals surface area (Å²) in [6.45, 7) is 1.91. The average molecular weight is 290 g/mol. The lowest BCUT2D eigenvalue weighted by atomic mass is 10.0. The van der Waals surface area contributed by atoms with E-state index in [4.69, 9.17) is 15.6 Å². The molecular formula is C15H18N2O4. The van der Waals surface area contributed by atoms with E-state index in [9.17, 15) is 9.59 Å². The molecule has 0 heterocycles. The molecule has 6 heteroatoms. The molecule has 0 aliphatic carbocycles. The maximum Gasteiger partial charge on any atom is 0.251 e. The molecular weight excluding hydrogens is 272 g/mol. The van der Waals surface area contributed by atoms with E-state index in [1.54, 1.807) is 18.2 Å². The van der Waals surface area contributed by atoms with E-state index in [1.807, 2.05) is 6.92 Å². The smallest absolute Gasteiger partial charge is 0.251 e. The van der Waals surface area contributed by atoms with Crippen molar-refractivity contribution in [2.45, 2.75) is 6.92 Å². The molecule has 0 saturated carbocycles. The number of nitrogens with two attached hydrogens (primary N) is 1. The van der Waals surface area contributed by atoms with Crippen molar-refractivity contribution in [2.75, 3.05) is 26.4 Å². The lowest BCUT2D eigenvalue weighted by Gasteiger charge is -2.08. The van der Waals surface area contributed by atoms with Gasteiger partial charge >= 0.3 is 0 Å². The van der Waals surface area contributed by atoms with Crippen LogP contribution in [0.1, 0.15) is 21.5 Å². The Bertz CT molecular complexity index is 573. The van der Waals surface area contributed by atoms with Crippen LogP contribution in [0.2, 0.25) is 0 Å². The SMILES string of the molecule is Cc1ccc(C#CCO)cc1C(=O)NCCOCC(N)=O. The fourth-order valence-corrected chi connectivity index (χ4v) is 1.59. The molecule has 112 valence electrons. The normalized spacial score (nSPS) is 9.62. The number of aryl methyl sites for hydroxylation is 1. The molecule has 0 unspecified atom stereocenters. The molecule has 1 rings (SSSR count). The third kappa shape index (κ3) is 6.08. The van der Waals surface area contributed by atoms with Crippen LogP contribution in [-0.2, 0) is 9.53 Å². The number of nitrogens with one attached hydrogen (secondary N) is 1. The van der Waals surface area contributed by atoms with Crippen molar-refractivity contribution in [1.29, 1.82) is 0 Å². The van der Waals surface area contributed by atoms with Gasteiger partial charge in [-0.15, -0.1) is 0 Å². The highest BCUT2D eigenvalue weighted by Gasteiger charge is 2.09. The van der Waals surface area contributed by atoms with Crippen molar-refractivity contribution in [3.05, 3.63) is 34.9 Å². The molecule has 0 aliphatic rings. The van der Waals surface area contributed by atoms with Gasteiger partial charge in [-0.3, -0.25) is 9.59 Å². The lowest BCUT2D eigenvalue weighted by molar-refractivity contribution is -0.122. The molecule has 0 saturated heterocycles. The lowest BCUT2D eigenvalue weighted by Crippen LogP contribution is -2.29. The van der Waals surface area contributed by atoms with Crippen LogP contribution in [0.4, 0.5) is 0 Å². The molecule has 1 aromatic carbocycles. The minimum Gasteiger partial charge on any atom is -0.384 e. The van der Waals surface area contributed by atoms with Crippen LogP contribution in [0.25, 0.3) is 0 Å². The van der Waals surface area contributed by atoms with Crippen LogP contribution in [0, 0.1) is 18.8 Å². The van der Waals surface area contributed by atoms with Gasteiger partial charge < -0.3 is 20.9 Å². The Labute approximate surface area is 123 Å². The summed E-state index contributed by atoms with van der Waals surface area (Å²) in [4.78, 5) is 22.5. The summed E-state index contributed by atoms with van der Waals surface area (Å²) < 4.78 is 4.95. The zero-order valence-electron chi connectivity index (χ0n) is 11.8. The van der Waals surface area contributed by atoms with E-state index in [2.05, 4.69) is 17.2 Å². The van der Waals surface area contributed by atoms with Crippen LogP contribution in [0.3, 0.4) is 0 Å². The van der Waals surface area contributed by atoms with Gasteiger partial charge in [0, 0.05) is 17.7 Å². The second-order valence-electron chi connectivity index (χ2n) is 4.26. The summed E-state index contributed by atoms with van der Waals surface area (Å²) in [5.41, 5.74) is 6.91. The van der Waals surface area contributed by atoms with Crippen molar-refractivity contribution >= 4 is 11.8 Å². The molecule has 1 aromatic rings. The average Bonchev–Trinajstić information content (AvgIpc) is 2.45. The first-order chi connectivity index (χ1) is 10.0. The fourth-order valence-electron chi connectivity index (χ4n) is 1.59. The van der Waals surface area contributed by atoms with Crippen molar-refractivity contribution < 1.29 is 19.4 Å². The quantitative estimate of drug-likeness (QED) is 0.489. The second-order valence-corrected chi connectivity index (χ2v) is 4.26. The molecule has 2 amide bonds. The predicted molar refractivity (Wildman–Crippen MR) is 77.5 cm³/mol. The van der Waals surface area contributed by atoms with Gasteiger partial charge in [0.15, 0.2) is 0 Å². The summed E-state index contributed by atoms with van der Waals surface area (Å²) in [7, 11) is 0. The molecule has 0 aliphatic heterocycles.